The molecule has 3 aliphatic heterocycles. The molecule has 14 heteroatoms. The molecule has 0 aromatic heterocycles. The monoisotopic (exact) mass is 804 g/mol. The number of carbonyl (C=O) groups excluding carboxylic acids is 2. The van der Waals surface area contributed by atoms with E-state index < -0.39 is 89.8 Å². The number of ether oxygens (including phenoxy) is 8. The number of likely N-dealkylation sites (N-methyl/N-ethyl adjacent to an activating group) is 1. The Kier molecular flexibility index (Phi) is 17.6. The van der Waals surface area contributed by atoms with Crippen LogP contribution in [0.25, 0.3) is 0 Å². The molecule has 2 unspecified atom stereocenters. The molecular formula is C42H77NO13. The Hall–Kier alpha value is -1.46. The molecule has 0 bridgehead atoms. The normalized spacial score (nSPS) is 46.2. The third-order valence-electron chi connectivity index (χ3n) is 13.2. The van der Waals surface area contributed by atoms with Gasteiger partial charge in [0.05, 0.1) is 35.9 Å². The van der Waals surface area contributed by atoms with Crippen LogP contribution in [0.4, 0.5) is 0 Å². The first-order chi connectivity index (χ1) is 26.0. The van der Waals surface area contributed by atoms with E-state index in [0.29, 0.717) is 32.1 Å². The lowest BCUT2D eigenvalue weighted by atomic mass is 9.70. The largest absolute Gasteiger partial charge is 0.459 e. The second kappa shape index (κ2) is 20.2. The summed E-state index contributed by atoms with van der Waals surface area (Å²) in [5, 5.41) is 34.0. The van der Waals surface area contributed by atoms with E-state index in [0.717, 1.165) is 0 Å². The fourth-order valence-corrected chi connectivity index (χ4v) is 10.1. The van der Waals surface area contributed by atoms with Gasteiger partial charge in [0.15, 0.2) is 18.7 Å². The van der Waals surface area contributed by atoms with Crippen LogP contribution in [0, 0.1) is 29.6 Å². The molecule has 3 fully saturated rings. The molecule has 0 aromatic rings. The van der Waals surface area contributed by atoms with Crippen LogP contribution in [-0.2, 0) is 47.5 Å². The zero-order chi connectivity index (χ0) is 42.5. The van der Waals surface area contributed by atoms with Crippen molar-refractivity contribution in [3.63, 3.8) is 0 Å². The summed E-state index contributed by atoms with van der Waals surface area (Å²) in [5.41, 5.74) is -3.44. The van der Waals surface area contributed by atoms with Crippen LogP contribution in [-0.4, -0.2) is 145 Å². The maximum atomic E-state index is 14.5. The first kappa shape index (κ1) is 48.9. The average Bonchev–Trinajstić information content (AvgIpc) is 3.11. The van der Waals surface area contributed by atoms with Crippen molar-refractivity contribution in [2.24, 2.45) is 29.6 Å². The average molecular weight is 804 g/mol. The molecule has 56 heavy (non-hydrogen) atoms. The molecule has 0 spiro atoms. The second-order valence-electron chi connectivity index (χ2n) is 18.1. The van der Waals surface area contributed by atoms with E-state index in [-0.39, 0.29) is 42.9 Å². The Labute approximate surface area is 336 Å². The van der Waals surface area contributed by atoms with Crippen molar-refractivity contribution in [3.8, 4) is 0 Å². The van der Waals surface area contributed by atoms with Crippen LogP contribution in [0.1, 0.15) is 115 Å². The van der Waals surface area contributed by atoms with Crippen LogP contribution in [0.5, 0.6) is 0 Å². The molecule has 3 saturated heterocycles. The predicted molar refractivity (Wildman–Crippen MR) is 209 cm³/mol. The van der Waals surface area contributed by atoms with Gasteiger partial charge in [0, 0.05) is 46.1 Å². The van der Waals surface area contributed by atoms with Crippen molar-refractivity contribution in [1.29, 1.82) is 0 Å². The Bertz CT molecular complexity index is 1250. The highest BCUT2D eigenvalue weighted by molar-refractivity contribution is 5.73. The highest BCUT2D eigenvalue weighted by Gasteiger charge is 2.54. The summed E-state index contributed by atoms with van der Waals surface area (Å²) in [6, 6.07) is -0.233. The van der Waals surface area contributed by atoms with E-state index in [1.165, 1.54) is 6.92 Å². The van der Waals surface area contributed by atoms with E-state index in [1.54, 1.807) is 35.0 Å². The van der Waals surface area contributed by atoms with Gasteiger partial charge < -0.3 is 58.1 Å². The Morgan fingerprint density at radius 1 is 0.929 bits per heavy atom. The van der Waals surface area contributed by atoms with E-state index >= 15 is 0 Å². The highest BCUT2D eigenvalue weighted by atomic mass is 16.7. The molecular weight excluding hydrogens is 726 g/mol. The van der Waals surface area contributed by atoms with E-state index in [2.05, 4.69) is 13.8 Å². The third kappa shape index (κ3) is 11.2. The molecule has 0 amide bonds. The van der Waals surface area contributed by atoms with Crippen molar-refractivity contribution in [3.05, 3.63) is 0 Å². The molecule has 3 aliphatic rings. The molecule has 3 rings (SSSR count). The summed E-state index contributed by atoms with van der Waals surface area (Å²) in [6.45, 7) is 20.2. The minimum atomic E-state index is -1.45. The topological polar surface area (TPSA) is 172 Å². The molecule has 3 N–H and O–H groups in total. The number of methoxy groups -OCH3 is 2. The zero-order valence-corrected chi connectivity index (χ0v) is 37.0. The number of hydrogen-bond donors (Lipinski definition) is 3. The third-order valence-corrected chi connectivity index (χ3v) is 13.2. The molecule has 3 heterocycles. The maximum Gasteiger partial charge on any atom is 0.311 e. The van der Waals surface area contributed by atoms with Gasteiger partial charge in [-0.3, -0.25) is 9.59 Å². The van der Waals surface area contributed by atoms with Crippen LogP contribution in [0.2, 0.25) is 0 Å². The first-order valence-electron chi connectivity index (χ1n) is 20.8. The van der Waals surface area contributed by atoms with Crippen molar-refractivity contribution < 1.29 is 62.8 Å². The van der Waals surface area contributed by atoms with Crippen LogP contribution >= 0.6 is 0 Å². The lowest BCUT2D eigenvalue weighted by Gasteiger charge is -2.50. The molecule has 0 aromatic carbocycles. The van der Waals surface area contributed by atoms with Crippen molar-refractivity contribution in [1.82, 2.24) is 4.90 Å². The van der Waals surface area contributed by atoms with Gasteiger partial charge in [-0.05, 0) is 105 Å². The van der Waals surface area contributed by atoms with Gasteiger partial charge in [0.2, 0.25) is 0 Å². The predicted octanol–water partition coefficient (Wildman–Crippen LogP) is 4.47. The molecule has 0 aliphatic carbocycles. The zero-order valence-electron chi connectivity index (χ0n) is 37.0. The lowest BCUT2D eigenvalue weighted by Crippen LogP contribution is -2.61. The van der Waals surface area contributed by atoms with Gasteiger partial charge in [-0.25, -0.2) is 0 Å². The fourth-order valence-electron chi connectivity index (χ4n) is 10.1. The summed E-state index contributed by atoms with van der Waals surface area (Å²) >= 11 is 0. The number of hydrogen-bond acceptors (Lipinski definition) is 14. The highest BCUT2D eigenvalue weighted by Crippen LogP contribution is 2.44. The van der Waals surface area contributed by atoms with Crippen LogP contribution in [0.15, 0.2) is 0 Å². The fraction of sp³-hybridized carbons (Fsp3) is 0.952. The summed E-state index contributed by atoms with van der Waals surface area (Å²) in [6.07, 6.45) is -4.45. The molecule has 0 saturated carbocycles. The standard InChI is InChI=1S/C42H77NO13/c1-16-32-42(11,48)30(17-18-44)24(3)19-23(2)21-40(9,49-14)36(56-39-34(46)31(43(12)13)20-25(4)51-39)26(5)35(27(6)38(47)54-32)55-33-22-41(10,50-15)37(28(7)52-33)53-29(8)45/h23-28,30-37,39,44,46,48H,16-22H2,1-15H3/t23-,24?,25+,26+,27+,28-,30-,31-,32+,33?,34+,35-,36+,37-,39-,40+,41+,42-/m0/s1. The van der Waals surface area contributed by atoms with Crippen molar-refractivity contribution in [2.75, 3.05) is 34.9 Å². The number of esters is 2. The quantitative estimate of drug-likeness (QED) is 0.250. The molecule has 18 atom stereocenters. The van der Waals surface area contributed by atoms with Gasteiger partial charge in [0.25, 0.3) is 0 Å². The van der Waals surface area contributed by atoms with Crippen molar-refractivity contribution in [2.45, 2.75) is 193 Å². The van der Waals surface area contributed by atoms with Gasteiger partial charge in [-0.1, -0.05) is 27.7 Å². The number of rotatable bonds is 11. The summed E-state index contributed by atoms with van der Waals surface area (Å²) in [5.74, 6) is -2.99. The summed E-state index contributed by atoms with van der Waals surface area (Å²) < 4.78 is 50.9. The Morgan fingerprint density at radius 3 is 2.07 bits per heavy atom. The number of nitrogens with zero attached hydrogens (tertiary/aromatic N) is 1. The summed E-state index contributed by atoms with van der Waals surface area (Å²) in [7, 11) is 7.02. The SMILES string of the molecule is CC[C@H]1OC(=O)[C@H](C)[C@@H](OC2C[C@@](C)(OC)[C@@H](OC(C)=O)[C@H](C)O2)[C@@H](C)[C@@H](O[C@@H]2O[C@H](C)C[C@H](N(C)C)[C@H]2O)[C@](C)(OC)C[C@@H](C)CC(C)[C@H](CCO)[C@]1(C)O. The van der Waals surface area contributed by atoms with Crippen molar-refractivity contribution >= 4 is 11.9 Å². The maximum absolute atomic E-state index is 14.5. The van der Waals surface area contributed by atoms with Crippen LogP contribution in [0.3, 0.4) is 0 Å². The molecule has 328 valence electrons. The minimum absolute atomic E-state index is 0.0430. The molecule has 14 nitrogen and oxygen atoms in total. The second-order valence-corrected chi connectivity index (χ2v) is 18.1. The van der Waals surface area contributed by atoms with Gasteiger partial charge in [0.1, 0.15) is 23.4 Å². The Balaban J connectivity index is 2.22. The first-order valence-corrected chi connectivity index (χ1v) is 20.8. The minimum Gasteiger partial charge on any atom is -0.459 e. The van der Waals surface area contributed by atoms with E-state index in [1.807, 2.05) is 53.6 Å². The van der Waals surface area contributed by atoms with Gasteiger partial charge in [-0.15, -0.1) is 0 Å². The Morgan fingerprint density at radius 2 is 1.54 bits per heavy atom. The van der Waals surface area contributed by atoms with E-state index in [4.69, 9.17) is 37.9 Å². The lowest BCUT2D eigenvalue weighted by molar-refractivity contribution is -0.320. The van der Waals surface area contributed by atoms with Gasteiger partial charge >= 0.3 is 11.9 Å². The van der Waals surface area contributed by atoms with Crippen LogP contribution < -0.4 is 0 Å². The number of carbonyl (C=O) groups is 2. The smallest absolute Gasteiger partial charge is 0.311 e. The molecule has 0 radical (unpaired) electrons. The number of aliphatic hydroxyl groups excluding tert-OH is 2. The number of cyclic esters (lactones) is 1. The van der Waals surface area contributed by atoms with Gasteiger partial charge in [-0.2, -0.15) is 0 Å². The number of aliphatic hydroxyl groups is 3. The summed E-state index contributed by atoms with van der Waals surface area (Å²) in [4.78, 5) is 28.5. The van der Waals surface area contributed by atoms with E-state index in [9.17, 15) is 24.9 Å².